The van der Waals surface area contributed by atoms with Gasteiger partial charge in [-0.2, -0.15) is 0 Å². The lowest BCUT2D eigenvalue weighted by Gasteiger charge is -2.10. The molecule has 0 spiro atoms. The summed E-state index contributed by atoms with van der Waals surface area (Å²) in [7, 11) is -1.48. The van der Waals surface area contributed by atoms with Crippen LogP contribution in [0.2, 0.25) is 0 Å². The van der Waals surface area contributed by atoms with Crippen molar-refractivity contribution in [2.45, 2.75) is 0 Å². The molecule has 0 aliphatic rings. The number of hydrogen-bond donors (Lipinski definition) is 2. The maximum atomic E-state index is 9.52. The van der Waals surface area contributed by atoms with E-state index in [0.717, 1.165) is 38.4 Å². The largest absolute Gasteiger partial charge is 0.488 e. The van der Waals surface area contributed by atoms with Crippen LogP contribution < -0.4 is 5.46 Å². The Hall–Kier alpha value is -2.89. The van der Waals surface area contributed by atoms with Crippen molar-refractivity contribution in [2.24, 2.45) is 0 Å². The highest BCUT2D eigenvalue weighted by molar-refractivity contribution is 6.59. The van der Waals surface area contributed by atoms with Gasteiger partial charge in [0.1, 0.15) is 5.65 Å². The molecule has 2 heterocycles. The summed E-state index contributed by atoms with van der Waals surface area (Å²) >= 11 is 0. The van der Waals surface area contributed by atoms with Crippen LogP contribution in [0.25, 0.3) is 38.4 Å². The maximum absolute atomic E-state index is 9.52. The molecule has 2 N–H and O–H groups in total. The van der Waals surface area contributed by atoms with E-state index in [1.165, 1.54) is 0 Å². The zero-order valence-corrected chi connectivity index (χ0v) is 12.7. The fourth-order valence-corrected chi connectivity index (χ4v) is 3.49. The number of fused-ring (bicyclic) bond motifs is 8. The van der Waals surface area contributed by atoms with E-state index < -0.39 is 7.12 Å². The number of para-hydroxylation sites is 3. The van der Waals surface area contributed by atoms with Crippen LogP contribution in [0.15, 0.2) is 66.7 Å². The Balaban J connectivity index is 2.11. The van der Waals surface area contributed by atoms with Crippen molar-refractivity contribution in [2.75, 3.05) is 0 Å². The monoisotopic (exact) mass is 312 g/mol. The summed E-state index contributed by atoms with van der Waals surface area (Å²) in [5.41, 5.74) is 4.42. The van der Waals surface area contributed by atoms with E-state index in [0.29, 0.717) is 5.46 Å². The summed E-state index contributed by atoms with van der Waals surface area (Å²) in [6.07, 6.45) is 0. The fourth-order valence-electron chi connectivity index (χ4n) is 3.49. The van der Waals surface area contributed by atoms with E-state index in [4.69, 9.17) is 4.98 Å². The molecular weight excluding hydrogens is 299 g/mol. The number of benzene rings is 3. The lowest BCUT2D eigenvalue weighted by Crippen LogP contribution is -2.29. The van der Waals surface area contributed by atoms with Crippen LogP contribution in [0, 0.1) is 0 Å². The second kappa shape index (κ2) is 4.80. The quantitative estimate of drug-likeness (QED) is 0.369. The molecule has 0 atom stereocenters. The Labute approximate surface area is 137 Å². The average Bonchev–Trinajstić information content (AvgIpc) is 3.01. The van der Waals surface area contributed by atoms with Crippen molar-refractivity contribution in [1.29, 1.82) is 0 Å². The van der Waals surface area contributed by atoms with Gasteiger partial charge in [0.15, 0.2) is 0 Å². The molecule has 5 aromatic rings. The number of imidazole rings is 1. The van der Waals surface area contributed by atoms with Gasteiger partial charge in [-0.15, -0.1) is 0 Å². The molecule has 114 valence electrons. The van der Waals surface area contributed by atoms with Crippen LogP contribution in [0.4, 0.5) is 0 Å². The van der Waals surface area contributed by atoms with Crippen LogP contribution in [0.1, 0.15) is 0 Å². The number of pyridine rings is 1. The molecule has 0 unspecified atom stereocenters. The Kier molecular flexibility index (Phi) is 2.71. The van der Waals surface area contributed by atoms with E-state index >= 15 is 0 Å². The number of aromatic nitrogens is 2. The molecule has 0 aliphatic carbocycles. The van der Waals surface area contributed by atoms with Crippen LogP contribution in [-0.4, -0.2) is 26.6 Å². The summed E-state index contributed by atoms with van der Waals surface area (Å²) < 4.78 is 2.17. The van der Waals surface area contributed by atoms with Crippen molar-refractivity contribution in [1.82, 2.24) is 9.38 Å². The summed E-state index contributed by atoms with van der Waals surface area (Å²) in [4.78, 5) is 4.81. The minimum Gasteiger partial charge on any atom is -0.423 e. The fraction of sp³-hybridized carbons (Fsp3) is 0. The Morgan fingerprint density at radius 2 is 1.50 bits per heavy atom. The smallest absolute Gasteiger partial charge is 0.423 e. The third-order valence-corrected chi connectivity index (χ3v) is 4.58. The first kappa shape index (κ1) is 13.5. The third kappa shape index (κ3) is 1.74. The molecule has 5 heteroatoms. The van der Waals surface area contributed by atoms with Crippen LogP contribution in [0.3, 0.4) is 0 Å². The average molecular weight is 312 g/mol. The van der Waals surface area contributed by atoms with Gasteiger partial charge in [-0.05, 0) is 29.0 Å². The van der Waals surface area contributed by atoms with E-state index in [2.05, 4.69) is 22.6 Å². The van der Waals surface area contributed by atoms with E-state index in [1.807, 2.05) is 42.5 Å². The number of hydrogen-bond acceptors (Lipinski definition) is 3. The summed E-state index contributed by atoms with van der Waals surface area (Å²) in [6, 6.07) is 21.7. The highest BCUT2D eigenvalue weighted by Gasteiger charge is 2.16. The molecule has 4 nitrogen and oxygen atoms in total. The van der Waals surface area contributed by atoms with Crippen molar-refractivity contribution in [3.05, 3.63) is 66.7 Å². The summed E-state index contributed by atoms with van der Waals surface area (Å²) in [5.74, 6) is 0. The van der Waals surface area contributed by atoms with Gasteiger partial charge in [0.25, 0.3) is 0 Å². The lowest BCUT2D eigenvalue weighted by atomic mass is 9.79. The molecule has 3 aromatic carbocycles. The van der Waals surface area contributed by atoms with Gasteiger partial charge < -0.3 is 10.0 Å². The Morgan fingerprint density at radius 1 is 0.750 bits per heavy atom. The zero-order chi connectivity index (χ0) is 16.3. The highest BCUT2D eigenvalue weighted by Crippen LogP contribution is 2.31. The van der Waals surface area contributed by atoms with Crippen molar-refractivity contribution in [3.8, 4) is 0 Å². The second-order valence-corrected chi connectivity index (χ2v) is 5.96. The standard InChI is InChI=1S/C19H13BN2O2/c23-20(24)12-9-10-14-15(11-12)13-5-1-3-7-17(13)22-18-8-4-2-6-16(18)21-19(14)22/h1-11,23-24H. The second-order valence-electron chi connectivity index (χ2n) is 5.96. The van der Waals surface area contributed by atoms with Gasteiger partial charge in [0, 0.05) is 10.8 Å². The Bertz CT molecular complexity index is 1240. The Morgan fingerprint density at radius 3 is 2.33 bits per heavy atom. The zero-order valence-electron chi connectivity index (χ0n) is 12.7. The predicted molar refractivity (Wildman–Crippen MR) is 97.5 cm³/mol. The minimum atomic E-state index is -1.48. The molecular formula is C19H13BN2O2. The number of nitrogens with zero attached hydrogens (tertiary/aromatic N) is 2. The molecule has 0 bridgehead atoms. The third-order valence-electron chi connectivity index (χ3n) is 4.58. The van der Waals surface area contributed by atoms with E-state index in [-0.39, 0.29) is 0 Å². The van der Waals surface area contributed by atoms with Crippen molar-refractivity contribution >= 4 is 50.9 Å². The molecule has 0 aliphatic heterocycles. The molecule has 5 rings (SSSR count). The summed E-state index contributed by atoms with van der Waals surface area (Å²) in [6.45, 7) is 0. The van der Waals surface area contributed by atoms with Gasteiger partial charge in [-0.1, -0.05) is 48.5 Å². The van der Waals surface area contributed by atoms with Crippen LogP contribution >= 0.6 is 0 Å². The van der Waals surface area contributed by atoms with E-state index in [1.54, 1.807) is 6.07 Å². The van der Waals surface area contributed by atoms with Crippen LogP contribution in [0.5, 0.6) is 0 Å². The first-order valence-electron chi connectivity index (χ1n) is 7.82. The minimum absolute atomic E-state index is 0.480. The van der Waals surface area contributed by atoms with Gasteiger partial charge >= 0.3 is 7.12 Å². The molecule has 24 heavy (non-hydrogen) atoms. The van der Waals surface area contributed by atoms with Crippen molar-refractivity contribution in [3.63, 3.8) is 0 Å². The van der Waals surface area contributed by atoms with Gasteiger partial charge in [-0.3, -0.25) is 4.40 Å². The molecule has 0 saturated heterocycles. The molecule has 2 aromatic heterocycles. The molecule has 0 radical (unpaired) electrons. The number of rotatable bonds is 1. The van der Waals surface area contributed by atoms with Gasteiger partial charge in [-0.25, -0.2) is 4.98 Å². The summed E-state index contributed by atoms with van der Waals surface area (Å²) in [5, 5.41) is 22.1. The maximum Gasteiger partial charge on any atom is 0.488 e. The van der Waals surface area contributed by atoms with Gasteiger partial charge in [0.2, 0.25) is 0 Å². The molecule has 0 amide bonds. The highest BCUT2D eigenvalue weighted by atomic mass is 16.4. The molecule has 0 saturated carbocycles. The lowest BCUT2D eigenvalue weighted by molar-refractivity contribution is 0.426. The SMILES string of the molecule is OB(O)c1ccc2c(c1)c1ccccc1n1c3ccccc3nc21. The first-order chi connectivity index (χ1) is 11.7. The normalized spacial score (nSPS) is 11.8. The molecule has 0 fully saturated rings. The van der Waals surface area contributed by atoms with E-state index in [9.17, 15) is 10.0 Å². The van der Waals surface area contributed by atoms with Crippen LogP contribution in [-0.2, 0) is 0 Å². The topological polar surface area (TPSA) is 57.8 Å². The first-order valence-corrected chi connectivity index (χ1v) is 7.82. The van der Waals surface area contributed by atoms with Crippen molar-refractivity contribution < 1.29 is 10.0 Å². The van der Waals surface area contributed by atoms with Gasteiger partial charge in [0.05, 0.1) is 16.6 Å². The predicted octanol–water partition coefficient (Wildman–Crippen LogP) is 2.47.